The lowest BCUT2D eigenvalue weighted by Crippen LogP contribution is -3.11. The van der Waals surface area contributed by atoms with Gasteiger partial charge in [-0.25, -0.2) is 0 Å². The molecule has 0 bridgehead atoms. The van der Waals surface area contributed by atoms with Gasteiger partial charge >= 0.3 is 0 Å². The van der Waals surface area contributed by atoms with Crippen LogP contribution < -0.4 is 4.90 Å². The first-order chi connectivity index (χ1) is 12.7. The summed E-state index contributed by atoms with van der Waals surface area (Å²) >= 11 is 0. The molecule has 3 aromatic rings. The van der Waals surface area contributed by atoms with Crippen LogP contribution in [-0.4, -0.2) is 11.1 Å². The summed E-state index contributed by atoms with van der Waals surface area (Å²) in [6, 6.07) is 16.9. The monoisotopic (exact) mass is 345 g/mol. The van der Waals surface area contributed by atoms with E-state index >= 15 is 0 Å². The summed E-state index contributed by atoms with van der Waals surface area (Å²) in [7, 11) is 0. The second-order valence-corrected chi connectivity index (χ2v) is 8.41. The zero-order chi connectivity index (χ0) is 17.7. The summed E-state index contributed by atoms with van der Waals surface area (Å²) in [5.74, 6) is 0. The molecule has 1 aromatic heterocycles. The highest BCUT2D eigenvalue weighted by atomic mass is 15.2. The van der Waals surface area contributed by atoms with E-state index in [1.807, 2.05) is 0 Å². The van der Waals surface area contributed by atoms with Crippen LogP contribution in [0, 0.1) is 13.8 Å². The van der Waals surface area contributed by atoms with Crippen LogP contribution in [0.2, 0.25) is 0 Å². The van der Waals surface area contributed by atoms with Gasteiger partial charge in [0.15, 0.2) is 0 Å². The average Bonchev–Trinajstić information content (AvgIpc) is 2.83. The largest absolute Gasteiger partial charge is 0.339 e. The maximum absolute atomic E-state index is 2.68. The molecule has 0 fully saturated rings. The quantitative estimate of drug-likeness (QED) is 0.715. The molecule has 2 aromatic carbocycles. The molecular weight excluding hydrogens is 316 g/mol. The van der Waals surface area contributed by atoms with Crippen LogP contribution in [0.1, 0.15) is 53.3 Å². The molecule has 0 amide bonds. The zero-order valence-electron chi connectivity index (χ0n) is 16.0. The Labute approximate surface area is 156 Å². The van der Waals surface area contributed by atoms with Crippen LogP contribution in [0.15, 0.2) is 42.5 Å². The molecule has 2 heteroatoms. The van der Waals surface area contributed by atoms with E-state index in [1.165, 1.54) is 66.4 Å². The minimum Gasteiger partial charge on any atom is -0.339 e. The minimum absolute atomic E-state index is 0.662. The van der Waals surface area contributed by atoms with Gasteiger partial charge in [-0.2, -0.15) is 0 Å². The van der Waals surface area contributed by atoms with E-state index in [2.05, 4.69) is 60.9 Å². The van der Waals surface area contributed by atoms with E-state index in [-0.39, 0.29) is 0 Å². The third-order valence-corrected chi connectivity index (χ3v) is 6.54. The van der Waals surface area contributed by atoms with Crippen LogP contribution >= 0.6 is 0 Å². The Morgan fingerprint density at radius 2 is 1.81 bits per heavy atom. The van der Waals surface area contributed by atoms with Crippen molar-refractivity contribution in [1.82, 2.24) is 4.57 Å². The number of aryl methyl sites for hydroxylation is 4. The molecule has 2 aliphatic rings. The van der Waals surface area contributed by atoms with Gasteiger partial charge in [0.25, 0.3) is 0 Å². The number of aromatic nitrogens is 1. The number of quaternary nitrogens is 1. The number of nitrogens with zero attached hydrogens (tertiary/aromatic N) is 1. The molecule has 5 rings (SSSR count). The van der Waals surface area contributed by atoms with Gasteiger partial charge in [-0.05, 0) is 44.4 Å². The number of hydrogen-bond acceptors (Lipinski definition) is 0. The van der Waals surface area contributed by atoms with Crippen LogP contribution in [0.25, 0.3) is 10.9 Å². The van der Waals surface area contributed by atoms with Gasteiger partial charge < -0.3 is 9.47 Å². The third kappa shape index (κ3) is 2.59. The number of rotatable bonds is 2. The molecule has 0 radical (unpaired) electrons. The first kappa shape index (κ1) is 16.1. The highest BCUT2D eigenvalue weighted by Gasteiger charge is 2.36. The van der Waals surface area contributed by atoms with Crippen molar-refractivity contribution in [3.8, 4) is 0 Å². The highest BCUT2D eigenvalue weighted by molar-refractivity contribution is 5.86. The molecule has 1 aliphatic heterocycles. The molecule has 0 saturated heterocycles. The standard InChI is InChI=1S/C24H28N2/c1-17-7-10-19(11-8-17)16-25-13-4-14-26-22-12-9-18(2)15-21(22)20-5-3-6-23(25)24(20)26/h7-12,15,23H,3-6,13-14,16H2,1-2H3/p+1/t23-/m1/s1. The zero-order valence-corrected chi connectivity index (χ0v) is 16.0. The second-order valence-electron chi connectivity index (χ2n) is 8.41. The van der Waals surface area contributed by atoms with Crippen LogP contribution in [0.4, 0.5) is 0 Å². The molecule has 26 heavy (non-hydrogen) atoms. The topological polar surface area (TPSA) is 9.37 Å². The van der Waals surface area contributed by atoms with Gasteiger partial charge in [0.1, 0.15) is 12.6 Å². The van der Waals surface area contributed by atoms with Gasteiger partial charge in [-0.1, -0.05) is 41.5 Å². The van der Waals surface area contributed by atoms with Crippen LogP contribution in [0.3, 0.4) is 0 Å². The molecule has 2 nitrogen and oxygen atoms in total. The van der Waals surface area contributed by atoms with Crippen molar-refractivity contribution in [3.63, 3.8) is 0 Å². The number of benzene rings is 2. The SMILES string of the molecule is Cc1ccc(C[NH+]2CCCn3c4c(c5cc(C)ccc53)CCC[C@H]42)cc1. The molecule has 0 spiro atoms. The van der Waals surface area contributed by atoms with E-state index < -0.39 is 0 Å². The predicted molar refractivity (Wildman–Crippen MR) is 108 cm³/mol. The summed E-state index contributed by atoms with van der Waals surface area (Å²) in [6.07, 6.45) is 5.21. The summed E-state index contributed by atoms with van der Waals surface area (Å²) in [4.78, 5) is 1.77. The second kappa shape index (κ2) is 6.28. The first-order valence-electron chi connectivity index (χ1n) is 10.2. The van der Waals surface area contributed by atoms with Crippen LogP contribution in [0.5, 0.6) is 0 Å². The van der Waals surface area contributed by atoms with Gasteiger partial charge in [-0.3, -0.25) is 0 Å². The molecule has 134 valence electrons. The van der Waals surface area contributed by atoms with E-state index in [4.69, 9.17) is 0 Å². The number of fused-ring (bicyclic) bond motifs is 3. The lowest BCUT2D eigenvalue weighted by Gasteiger charge is -2.31. The van der Waals surface area contributed by atoms with Gasteiger partial charge in [0.05, 0.1) is 12.2 Å². The van der Waals surface area contributed by atoms with Gasteiger partial charge in [0, 0.05) is 35.9 Å². The fourth-order valence-corrected chi connectivity index (χ4v) is 5.30. The van der Waals surface area contributed by atoms with Crippen LogP contribution in [-0.2, 0) is 19.5 Å². The fraction of sp³-hybridized carbons (Fsp3) is 0.417. The fourth-order valence-electron chi connectivity index (χ4n) is 5.30. The van der Waals surface area contributed by atoms with E-state index in [0.717, 1.165) is 6.54 Å². The van der Waals surface area contributed by atoms with Crippen molar-refractivity contribution in [2.75, 3.05) is 6.54 Å². The molecule has 2 heterocycles. The van der Waals surface area contributed by atoms with E-state index in [0.29, 0.717) is 6.04 Å². The van der Waals surface area contributed by atoms with Crippen molar-refractivity contribution in [3.05, 3.63) is 70.4 Å². The summed E-state index contributed by atoms with van der Waals surface area (Å²) in [6.45, 7) is 8.03. The average molecular weight is 346 g/mol. The van der Waals surface area contributed by atoms with Crippen molar-refractivity contribution in [2.45, 2.75) is 58.7 Å². The summed E-state index contributed by atoms with van der Waals surface area (Å²) in [5, 5.41) is 1.53. The number of nitrogens with one attached hydrogen (secondary N) is 1. The minimum atomic E-state index is 0.662. The lowest BCUT2D eigenvalue weighted by atomic mass is 9.90. The maximum atomic E-state index is 2.68. The van der Waals surface area contributed by atoms with Crippen molar-refractivity contribution < 1.29 is 4.90 Å². The normalized spacial score (nSPS) is 22.2. The van der Waals surface area contributed by atoms with Gasteiger partial charge in [0.2, 0.25) is 0 Å². The molecular formula is C24H29N2+. The first-order valence-corrected chi connectivity index (χ1v) is 10.2. The molecule has 1 N–H and O–H groups in total. The molecule has 1 unspecified atom stereocenters. The Kier molecular flexibility index (Phi) is 3.90. The Morgan fingerprint density at radius 3 is 2.65 bits per heavy atom. The third-order valence-electron chi connectivity index (χ3n) is 6.54. The Bertz CT molecular complexity index is 945. The van der Waals surface area contributed by atoms with Crippen molar-refractivity contribution >= 4 is 10.9 Å². The Balaban J connectivity index is 1.58. The lowest BCUT2D eigenvalue weighted by molar-refractivity contribution is -0.945. The van der Waals surface area contributed by atoms with Gasteiger partial charge in [-0.15, -0.1) is 0 Å². The van der Waals surface area contributed by atoms with E-state index in [1.54, 1.807) is 16.2 Å². The molecule has 2 atom stereocenters. The Morgan fingerprint density at radius 1 is 1.00 bits per heavy atom. The summed E-state index contributed by atoms with van der Waals surface area (Å²) < 4.78 is 2.68. The summed E-state index contributed by atoms with van der Waals surface area (Å²) in [5.41, 5.74) is 9.03. The van der Waals surface area contributed by atoms with Crippen molar-refractivity contribution in [2.24, 2.45) is 0 Å². The Hall–Kier alpha value is -2.06. The highest BCUT2D eigenvalue weighted by Crippen LogP contribution is 2.37. The smallest absolute Gasteiger partial charge is 0.129 e. The maximum Gasteiger partial charge on any atom is 0.129 e. The van der Waals surface area contributed by atoms with Crippen molar-refractivity contribution in [1.29, 1.82) is 0 Å². The predicted octanol–water partition coefficient (Wildman–Crippen LogP) is 4.12. The molecule has 1 aliphatic carbocycles. The molecule has 0 saturated carbocycles. The van der Waals surface area contributed by atoms with E-state index in [9.17, 15) is 0 Å². The number of hydrogen-bond donors (Lipinski definition) is 1.